The van der Waals surface area contributed by atoms with Crippen LogP contribution in [0.4, 0.5) is 0 Å². The van der Waals surface area contributed by atoms with E-state index in [1.54, 1.807) is 0 Å². The minimum atomic E-state index is 0.660. The van der Waals surface area contributed by atoms with Gasteiger partial charge in [-0.1, -0.05) is 61.5 Å². The lowest BCUT2D eigenvalue weighted by Gasteiger charge is -2.09. The zero-order chi connectivity index (χ0) is 13.1. The molecule has 0 spiro atoms. The molecule has 0 amide bonds. The number of aryl methyl sites for hydroxylation is 1. The number of nitrogens with one attached hydrogen (secondary N) is 1. The van der Waals surface area contributed by atoms with E-state index in [2.05, 4.69) is 66.8 Å². The van der Waals surface area contributed by atoms with Gasteiger partial charge in [0.05, 0.1) is 0 Å². The Bertz CT molecular complexity index is 532. The molecule has 0 aliphatic heterocycles. The molecule has 19 heavy (non-hydrogen) atoms. The van der Waals surface area contributed by atoms with Crippen molar-refractivity contribution in [3.8, 4) is 0 Å². The predicted octanol–water partition coefficient (Wildman–Crippen LogP) is 3.89. The van der Waals surface area contributed by atoms with Crippen LogP contribution < -0.4 is 5.32 Å². The molecule has 1 saturated carbocycles. The molecule has 0 bridgehead atoms. The summed E-state index contributed by atoms with van der Waals surface area (Å²) in [5.41, 5.74) is 4.39. The molecule has 2 atom stereocenters. The first-order valence-electron chi connectivity index (χ1n) is 7.23. The van der Waals surface area contributed by atoms with Gasteiger partial charge in [0.25, 0.3) is 0 Å². The van der Waals surface area contributed by atoms with Gasteiger partial charge in [0.15, 0.2) is 0 Å². The molecule has 0 saturated heterocycles. The lowest BCUT2D eigenvalue weighted by atomic mass is 10.1. The van der Waals surface area contributed by atoms with Gasteiger partial charge < -0.3 is 5.32 Å². The molecule has 2 aromatic carbocycles. The average Bonchev–Trinajstić information content (AvgIpc) is 3.26. The second-order valence-corrected chi connectivity index (χ2v) is 5.36. The van der Waals surface area contributed by atoms with Gasteiger partial charge in [-0.2, -0.15) is 0 Å². The summed E-state index contributed by atoms with van der Waals surface area (Å²) in [7, 11) is 0. The quantitative estimate of drug-likeness (QED) is 0.850. The SMILES string of the molecule is CCc1ccccc1CNC1CC1c1ccccc1. The average molecular weight is 251 g/mol. The van der Waals surface area contributed by atoms with Crippen LogP contribution in [0.1, 0.15) is 36.0 Å². The van der Waals surface area contributed by atoms with Gasteiger partial charge in [-0.25, -0.2) is 0 Å². The fourth-order valence-corrected chi connectivity index (χ4v) is 2.81. The zero-order valence-electron chi connectivity index (χ0n) is 11.5. The molecule has 1 nitrogen and oxygen atoms in total. The summed E-state index contributed by atoms with van der Waals surface area (Å²) >= 11 is 0. The minimum Gasteiger partial charge on any atom is -0.309 e. The normalized spacial score (nSPS) is 21.3. The highest BCUT2D eigenvalue weighted by atomic mass is 15.0. The van der Waals surface area contributed by atoms with Gasteiger partial charge in [-0.05, 0) is 29.5 Å². The van der Waals surface area contributed by atoms with Crippen LogP contribution in [0.15, 0.2) is 54.6 Å². The van der Waals surface area contributed by atoms with E-state index >= 15 is 0 Å². The lowest BCUT2D eigenvalue weighted by molar-refractivity contribution is 0.668. The molecule has 1 fully saturated rings. The standard InChI is InChI=1S/C18H21N/c1-2-14-8-6-7-11-16(14)13-19-18-12-17(18)15-9-4-3-5-10-15/h3-11,17-19H,2,12-13H2,1H3. The Balaban J connectivity index is 1.57. The highest BCUT2D eigenvalue weighted by Gasteiger charge is 2.37. The van der Waals surface area contributed by atoms with Gasteiger partial charge in [0.1, 0.15) is 0 Å². The second-order valence-electron chi connectivity index (χ2n) is 5.36. The van der Waals surface area contributed by atoms with Crippen molar-refractivity contribution in [2.24, 2.45) is 0 Å². The Kier molecular flexibility index (Phi) is 3.65. The fourth-order valence-electron chi connectivity index (χ4n) is 2.81. The summed E-state index contributed by atoms with van der Waals surface area (Å²) in [5.74, 6) is 0.718. The first-order valence-corrected chi connectivity index (χ1v) is 7.23. The molecule has 0 heterocycles. The Morgan fingerprint density at radius 3 is 2.37 bits per heavy atom. The molecule has 0 aromatic heterocycles. The van der Waals surface area contributed by atoms with E-state index in [4.69, 9.17) is 0 Å². The summed E-state index contributed by atoms with van der Waals surface area (Å²) in [6.07, 6.45) is 2.39. The van der Waals surface area contributed by atoms with Crippen molar-refractivity contribution in [2.75, 3.05) is 0 Å². The molecule has 1 heteroatoms. The molecule has 2 aromatic rings. The van der Waals surface area contributed by atoms with Gasteiger partial charge in [0, 0.05) is 18.5 Å². The number of hydrogen-bond acceptors (Lipinski definition) is 1. The molecule has 1 aliphatic rings. The van der Waals surface area contributed by atoms with Crippen molar-refractivity contribution in [3.63, 3.8) is 0 Å². The Morgan fingerprint density at radius 1 is 0.947 bits per heavy atom. The van der Waals surface area contributed by atoms with Crippen molar-refractivity contribution in [2.45, 2.75) is 38.3 Å². The molecule has 3 rings (SSSR count). The van der Waals surface area contributed by atoms with E-state index in [0.29, 0.717) is 6.04 Å². The third-order valence-electron chi connectivity index (χ3n) is 4.07. The molecular weight excluding hydrogens is 230 g/mol. The predicted molar refractivity (Wildman–Crippen MR) is 80.2 cm³/mol. The Hall–Kier alpha value is -1.60. The minimum absolute atomic E-state index is 0.660. The number of rotatable bonds is 5. The zero-order valence-corrected chi connectivity index (χ0v) is 11.5. The van der Waals surface area contributed by atoms with Crippen molar-refractivity contribution >= 4 is 0 Å². The topological polar surface area (TPSA) is 12.0 Å². The second kappa shape index (κ2) is 5.58. The Labute approximate surface area is 115 Å². The maximum atomic E-state index is 3.70. The summed E-state index contributed by atoms with van der Waals surface area (Å²) < 4.78 is 0. The highest BCUT2D eigenvalue weighted by molar-refractivity contribution is 5.30. The van der Waals surface area contributed by atoms with Crippen LogP contribution in [0, 0.1) is 0 Å². The summed E-state index contributed by atoms with van der Waals surface area (Å²) in [5, 5.41) is 3.70. The van der Waals surface area contributed by atoms with E-state index < -0.39 is 0 Å². The molecular formula is C18H21N. The van der Waals surface area contributed by atoms with Gasteiger partial charge >= 0.3 is 0 Å². The van der Waals surface area contributed by atoms with Crippen LogP contribution in [-0.4, -0.2) is 6.04 Å². The highest BCUT2D eigenvalue weighted by Crippen LogP contribution is 2.40. The number of hydrogen-bond donors (Lipinski definition) is 1. The largest absolute Gasteiger partial charge is 0.309 e. The first kappa shape index (κ1) is 12.4. The molecule has 1 aliphatic carbocycles. The fraction of sp³-hybridized carbons (Fsp3) is 0.333. The third kappa shape index (κ3) is 2.87. The van der Waals surface area contributed by atoms with Crippen LogP contribution in [0.25, 0.3) is 0 Å². The van der Waals surface area contributed by atoms with Crippen molar-refractivity contribution in [1.29, 1.82) is 0 Å². The molecule has 2 unspecified atom stereocenters. The van der Waals surface area contributed by atoms with Crippen LogP contribution in [0.3, 0.4) is 0 Å². The van der Waals surface area contributed by atoms with Gasteiger partial charge in [-0.15, -0.1) is 0 Å². The molecule has 1 N–H and O–H groups in total. The van der Waals surface area contributed by atoms with Crippen LogP contribution in [-0.2, 0) is 13.0 Å². The van der Waals surface area contributed by atoms with Crippen LogP contribution >= 0.6 is 0 Å². The smallest absolute Gasteiger partial charge is 0.0211 e. The molecule has 0 radical (unpaired) electrons. The van der Waals surface area contributed by atoms with Gasteiger partial charge in [-0.3, -0.25) is 0 Å². The van der Waals surface area contributed by atoms with Crippen molar-refractivity contribution < 1.29 is 0 Å². The lowest BCUT2D eigenvalue weighted by Crippen LogP contribution is -2.18. The summed E-state index contributed by atoms with van der Waals surface area (Å²) in [6.45, 7) is 3.22. The third-order valence-corrected chi connectivity index (χ3v) is 4.07. The number of benzene rings is 2. The van der Waals surface area contributed by atoms with Crippen LogP contribution in [0.2, 0.25) is 0 Å². The van der Waals surface area contributed by atoms with E-state index in [9.17, 15) is 0 Å². The van der Waals surface area contributed by atoms with Crippen molar-refractivity contribution in [1.82, 2.24) is 5.32 Å². The van der Waals surface area contributed by atoms with E-state index in [1.807, 2.05) is 0 Å². The maximum Gasteiger partial charge on any atom is 0.0211 e. The van der Waals surface area contributed by atoms with Crippen molar-refractivity contribution in [3.05, 3.63) is 71.3 Å². The summed E-state index contributed by atoms with van der Waals surface area (Å²) in [4.78, 5) is 0. The first-order chi connectivity index (χ1) is 9.38. The molecule has 98 valence electrons. The van der Waals surface area contributed by atoms with Gasteiger partial charge in [0.2, 0.25) is 0 Å². The summed E-state index contributed by atoms with van der Waals surface area (Å²) in [6, 6.07) is 20.2. The van der Waals surface area contributed by atoms with E-state index in [0.717, 1.165) is 18.9 Å². The van der Waals surface area contributed by atoms with E-state index in [-0.39, 0.29) is 0 Å². The van der Waals surface area contributed by atoms with E-state index in [1.165, 1.54) is 23.1 Å². The van der Waals surface area contributed by atoms with Crippen LogP contribution in [0.5, 0.6) is 0 Å². The monoisotopic (exact) mass is 251 g/mol. The maximum absolute atomic E-state index is 3.70. The Morgan fingerprint density at radius 2 is 1.63 bits per heavy atom.